The monoisotopic (exact) mass is 276 g/mol. The summed E-state index contributed by atoms with van der Waals surface area (Å²) in [5.74, 6) is 0.541. The Bertz CT molecular complexity index is 394. The summed E-state index contributed by atoms with van der Waals surface area (Å²) >= 11 is 0. The highest BCUT2D eigenvalue weighted by Crippen LogP contribution is 2.21. The molecule has 1 saturated heterocycles. The van der Waals surface area contributed by atoms with Gasteiger partial charge in [-0.25, -0.2) is 0 Å². The van der Waals surface area contributed by atoms with Gasteiger partial charge in [0.2, 0.25) is 0 Å². The molecule has 1 unspecified atom stereocenters. The average molecular weight is 276 g/mol. The summed E-state index contributed by atoms with van der Waals surface area (Å²) in [6.45, 7) is 7.47. The zero-order valence-corrected chi connectivity index (χ0v) is 12.8. The zero-order chi connectivity index (χ0) is 14.5. The molecule has 1 heterocycles. The molecule has 1 aromatic rings. The molecule has 20 heavy (non-hydrogen) atoms. The summed E-state index contributed by atoms with van der Waals surface area (Å²) in [4.78, 5) is 2.41. The highest BCUT2D eigenvalue weighted by molar-refractivity contribution is 5.26. The van der Waals surface area contributed by atoms with Crippen molar-refractivity contribution in [2.45, 2.75) is 51.2 Å². The zero-order valence-electron chi connectivity index (χ0n) is 12.8. The summed E-state index contributed by atoms with van der Waals surface area (Å²) < 4.78 is 0. The van der Waals surface area contributed by atoms with Gasteiger partial charge in [0.1, 0.15) is 0 Å². The van der Waals surface area contributed by atoms with E-state index in [1.165, 1.54) is 5.56 Å². The molecule has 0 bridgehead atoms. The Morgan fingerprint density at radius 2 is 1.70 bits per heavy atom. The van der Waals surface area contributed by atoms with Crippen LogP contribution in [0.2, 0.25) is 0 Å². The van der Waals surface area contributed by atoms with Gasteiger partial charge in [-0.15, -0.1) is 0 Å². The number of piperidine rings is 1. The second-order valence-electron chi connectivity index (χ2n) is 6.30. The first-order valence-corrected chi connectivity index (χ1v) is 7.82. The second kappa shape index (κ2) is 7.21. The lowest BCUT2D eigenvalue weighted by atomic mass is 9.98. The average Bonchev–Trinajstić information content (AvgIpc) is 2.46. The van der Waals surface area contributed by atoms with Gasteiger partial charge < -0.3 is 15.7 Å². The second-order valence-corrected chi connectivity index (χ2v) is 6.30. The number of aliphatic hydroxyl groups excluding tert-OH is 1. The van der Waals surface area contributed by atoms with Crippen LogP contribution in [0.15, 0.2) is 24.3 Å². The molecule has 0 saturated carbocycles. The smallest absolute Gasteiger partial charge is 0.0802 e. The van der Waals surface area contributed by atoms with E-state index in [-0.39, 0.29) is 6.10 Å². The summed E-state index contributed by atoms with van der Waals surface area (Å²) in [7, 11) is 0. The predicted octanol–water partition coefficient (Wildman–Crippen LogP) is 2.66. The standard InChI is InChI=1S/C17H28N2O/c1-13(2)14-3-5-15(6-4-14)17(20)9-12-19-10-7-16(18)8-11-19/h3-6,13,16-17,20H,7-12,18H2,1-2H3. The van der Waals surface area contributed by atoms with Crippen LogP contribution < -0.4 is 5.73 Å². The van der Waals surface area contributed by atoms with Crippen LogP contribution in [0.4, 0.5) is 0 Å². The maximum Gasteiger partial charge on any atom is 0.0802 e. The van der Waals surface area contributed by atoms with Crippen molar-refractivity contribution in [2.24, 2.45) is 5.73 Å². The largest absolute Gasteiger partial charge is 0.388 e. The fourth-order valence-corrected chi connectivity index (χ4v) is 2.75. The SMILES string of the molecule is CC(C)c1ccc(C(O)CCN2CCC(N)CC2)cc1. The molecule has 1 fully saturated rings. The molecule has 3 heteroatoms. The molecule has 1 aliphatic rings. The van der Waals surface area contributed by atoms with E-state index in [9.17, 15) is 5.11 Å². The Morgan fingerprint density at radius 3 is 2.25 bits per heavy atom. The van der Waals surface area contributed by atoms with Crippen LogP contribution in [0.1, 0.15) is 56.3 Å². The van der Waals surface area contributed by atoms with E-state index < -0.39 is 0 Å². The van der Waals surface area contributed by atoms with E-state index in [1.54, 1.807) is 0 Å². The van der Waals surface area contributed by atoms with Crippen LogP contribution in [0.5, 0.6) is 0 Å². The van der Waals surface area contributed by atoms with E-state index >= 15 is 0 Å². The Labute approximate surface area is 122 Å². The van der Waals surface area contributed by atoms with Crippen LogP contribution in [0, 0.1) is 0 Å². The minimum Gasteiger partial charge on any atom is -0.388 e. The maximum atomic E-state index is 10.3. The lowest BCUT2D eigenvalue weighted by Crippen LogP contribution is -2.40. The van der Waals surface area contributed by atoms with E-state index in [1.807, 2.05) is 0 Å². The van der Waals surface area contributed by atoms with E-state index in [4.69, 9.17) is 5.73 Å². The number of nitrogens with two attached hydrogens (primary N) is 1. The molecule has 0 amide bonds. The molecule has 2 rings (SSSR count). The third-order valence-electron chi connectivity index (χ3n) is 4.34. The third-order valence-corrected chi connectivity index (χ3v) is 4.34. The number of likely N-dealkylation sites (tertiary alicyclic amines) is 1. The van der Waals surface area contributed by atoms with Crippen LogP contribution in [0.25, 0.3) is 0 Å². The van der Waals surface area contributed by atoms with Gasteiger partial charge in [0.25, 0.3) is 0 Å². The Balaban J connectivity index is 1.80. The first-order valence-electron chi connectivity index (χ1n) is 7.82. The fourth-order valence-electron chi connectivity index (χ4n) is 2.75. The molecule has 0 spiro atoms. The van der Waals surface area contributed by atoms with Gasteiger partial charge in [-0.1, -0.05) is 38.1 Å². The Hall–Kier alpha value is -0.900. The van der Waals surface area contributed by atoms with Crippen molar-refractivity contribution in [1.82, 2.24) is 4.90 Å². The van der Waals surface area contributed by atoms with E-state index in [2.05, 4.69) is 43.0 Å². The molecule has 0 aliphatic carbocycles. The summed E-state index contributed by atoms with van der Waals surface area (Å²) in [5.41, 5.74) is 8.26. The fraction of sp³-hybridized carbons (Fsp3) is 0.647. The molecule has 0 radical (unpaired) electrons. The predicted molar refractivity (Wildman–Crippen MR) is 83.8 cm³/mol. The van der Waals surface area contributed by atoms with E-state index in [0.717, 1.165) is 44.5 Å². The van der Waals surface area contributed by atoms with Gasteiger partial charge in [-0.3, -0.25) is 0 Å². The molecule has 112 valence electrons. The number of rotatable bonds is 5. The number of hydrogen-bond acceptors (Lipinski definition) is 3. The Morgan fingerprint density at radius 1 is 1.15 bits per heavy atom. The quantitative estimate of drug-likeness (QED) is 0.869. The van der Waals surface area contributed by atoms with Crippen molar-refractivity contribution in [1.29, 1.82) is 0 Å². The van der Waals surface area contributed by atoms with Crippen molar-refractivity contribution >= 4 is 0 Å². The molecule has 0 aromatic heterocycles. The lowest BCUT2D eigenvalue weighted by molar-refractivity contribution is 0.131. The first-order chi connectivity index (χ1) is 9.56. The molecule has 1 aromatic carbocycles. The van der Waals surface area contributed by atoms with E-state index in [0.29, 0.717) is 12.0 Å². The number of hydrogen-bond donors (Lipinski definition) is 2. The summed E-state index contributed by atoms with van der Waals surface area (Å²) in [6, 6.07) is 8.75. The highest BCUT2D eigenvalue weighted by atomic mass is 16.3. The van der Waals surface area contributed by atoms with Gasteiger partial charge in [-0.2, -0.15) is 0 Å². The maximum absolute atomic E-state index is 10.3. The third kappa shape index (κ3) is 4.30. The van der Waals surface area contributed by atoms with Crippen molar-refractivity contribution < 1.29 is 5.11 Å². The van der Waals surface area contributed by atoms with Crippen LogP contribution in [-0.4, -0.2) is 35.7 Å². The molecule has 3 N–H and O–H groups in total. The van der Waals surface area contributed by atoms with Crippen molar-refractivity contribution in [3.8, 4) is 0 Å². The van der Waals surface area contributed by atoms with Crippen molar-refractivity contribution in [3.63, 3.8) is 0 Å². The normalized spacial score (nSPS) is 19.4. The van der Waals surface area contributed by atoms with Crippen molar-refractivity contribution in [2.75, 3.05) is 19.6 Å². The van der Waals surface area contributed by atoms with Gasteiger partial charge in [-0.05, 0) is 49.4 Å². The van der Waals surface area contributed by atoms with Gasteiger partial charge >= 0.3 is 0 Å². The minimum absolute atomic E-state index is 0.355. The van der Waals surface area contributed by atoms with Gasteiger partial charge in [0, 0.05) is 12.6 Å². The van der Waals surface area contributed by atoms with Crippen molar-refractivity contribution in [3.05, 3.63) is 35.4 Å². The van der Waals surface area contributed by atoms with Crippen LogP contribution >= 0.6 is 0 Å². The molecular weight excluding hydrogens is 248 g/mol. The first kappa shape index (κ1) is 15.5. The minimum atomic E-state index is -0.355. The van der Waals surface area contributed by atoms with Gasteiger partial charge in [0.05, 0.1) is 6.10 Å². The highest BCUT2D eigenvalue weighted by Gasteiger charge is 2.17. The van der Waals surface area contributed by atoms with Crippen LogP contribution in [0.3, 0.4) is 0 Å². The summed E-state index contributed by atoms with van der Waals surface area (Å²) in [6.07, 6.45) is 2.61. The summed E-state index contributed by atoms with van der Waals surface area (Å²) in [5, 5.41) is 10.3. The molecule has 1 atom stereocenters. The topological polar surface area (TPSA) is 49.5 Å². The van der Waals surface area contributed by atoms with Gasteiger partial charge in [0.15, 0.2) is 0 Å². The number of benzene rings is 1. The molecule has 3 nitrogen and oxygen atoms in total. The van der Waals surface area contributed by atoms with Crippen LogP contribution in [-0.2, 0) is 0 Å². The lowest BCUT2D eigenvalue weighted by Gasteiger charge is -2.30. The molecule has 1 aliphatic heterocycles. The Kier molecular flexibility index (Phi) is 5.58. The number of aliphatic hydroxyl groups is 1. The molecular formula is C17H28N2O. The number of nitrogens with zero attached hydrogens (tertiary/aromatic N) is 1.